The van der Waals surface area contributed by atoms with Crippen LogP contribution < -0.4 is 0 Å². The minimum Gasteiger partial charge on any atom is -0.269 e. The molecule has 1 unspecified atom stereocenters. The molecule has 1 aliphatic rings. The third kappa shape index (κ3) is 2.95. The van der Waals surface area contributed by atoms with Crippen LogP contribution in [0.4, 0.5) is 17.6 Å². The summed E-state index contributed by atoms with van der Waals surface area (Å²) >= 11 is 0. The second-order valence-corrected chi connectivity index (χ2v) is 6.34. The lowest BCUT2D eigenvalue weighted by atomic mass is 9.77. The van der Waals surface area contributed by atoms with Gasteiger partial charge in [-0.2, -0.15) is 26.0 Å². The van der Waals surface area contributed by atoms with E-state index in [1.165, 1.54) is 12.1 Å². The lowest BCUT2D eigenvalue weighted by molar-refractivity contribution is -0.317. The predicted molar refractivity (Wildman–Crippen MR) is 63.0 cm³/mol. The largest absolute Gasteiger partial charge is 0.315 e. The van der Waals surface area contributed by atoms with Gasteiger partial charge in [0.1, 0.15) is 5.75 Å². The van der Waals surface area contributed by atoms with E-state index in [0.29, 0.717) is 5.56 Å². The number of hydrogen-bond acceptors (Lipinski definition) is 3. The molecule has 3 nitrogen and oxygen atoms in total. The Morgan fingerprint density at radius 3 is 2.25 bits per heavy atom. The molecule has 0 spiro atoms. The van der Waals surface area contributed by atoms with E-state index in [9.17, 15) is 26.0 Å². The van der Waals surface area contributed by atoms with Gasteiger partial charge in [0.2, 0.25) is 0 Å². The zero-order chi connectivity index (χ0) is 15.0. The molecular formula is C12H12F4O3S. The molecule has 1 aromatic carbocycles. The molecule has 0 aromatic heterocycles. The fraction of sp³-hybridized carbons (Fsp3) is 0.500. The van der Waals surface area contributed by atoms with Crippen molar-refractivity contribution in [1.29, 1.82) is 0 Å². The van der Waals surface area contributed by atoms with Gasteiger partial charge in [-0.3, -0.25) is 4.18 Å². The molecule has 112 valence electrons. The summed E-state index contributed by atoms with van der Waals surface area (Å²) in [5.74, 6) is -10.6. The van der Waals surface area contributed by atoms with Crippen molar-refractivity contribution in [3.05, 3.63) is 35.9 Å². The molecule has 0 saturated heterocycles. The maximum Gasteiger partial charge on any atom is 0.315 e. The Labute approximate surface area is 113 Å². The highest BCUT2D eigenvalue weighted by molar-refractivity contribution is 7.85. The summed E-state index contributed by atoms with van der Waals surface area (Å²) in [4.78, 5) is 0. The minimum atomic E-state index is -4.21. The van der Waals surface area contributed by atoms with E-state index < -0.39 is 46.7 Å². The highest BCUT2D eigenvalue weighted by Gasteiger charge is 2.71. The van der Waals surface area contributed by atoms with Crippen LogP contribution in [0.1, 0.15) is 12.0 Å². The topological polar surface area (TPSA) is 43.4 Å². The van der Waals surface area contributed by atoms with Crippen molar-refractivity contribution in [2.24, 2.45) is 5.92 Å². The summed E-state index contributed by atoms with van der Waals surface area (Å²) in [5.41, 5.74) is 0.429. The molecule has 1 atom stereocenters. The Kier molecular flexibility index (Phi) is 3.81. The lowest BCUT2D eigenvalue weighted by Crippen LogP contribution is -2.60. The van der Waals surface area contributed by atoms with E-state index in [-0.39, 0.29) is 0 Å². The van der Waals surface area contributed by atoms with Crippen molar-refractivity contribution in [2.75, 3.05) is 6.61 Å². The SMILES string of the molecule is O=S(=O)(Cc1ccccc1)OCC1CC(F)(F)C1(F)F. The Bertz CT molecular complexity index is 572. The Morgan fingerprint density at radius 2 is 1.75 bits per heavy atom. The first-order chi connectivity index (χ1) is 9.14. The molecule has 20 heavy (non-hydrogen) atoms. The summed E-state index contributed by atoms with van der Waals surface area (Å²) in [6.45, 7) is -0.933. The molecule has 1 saturated carbocycles. The highest BCUT2D eigenvalue weighted by Crippen LogP contribution is 2.55. The number of rotatable bonds is 5. The molecule has 1 aliphatic carbocycles. The number of hydrogen-bond donors (Lipinski definition) is 0. The van der Waals surface area contributed by atoms with Gasteiger partial charge in [0, 0.05) is 6.42 Å². The number of alkyl halides is 4. The van der Waals surface area contributed by atoms with Crippen LogP contribution in [0.15, 0.2) is 30.3 Å². The van der Waals surface area contributed by atoms with Crippen molar-refractivity contribution in [1.82, 2.24) is 0 Å². The van der Waals surface area contributed by atoms with Crippen molar-refractivity contribution >= 4 is 10.1 Å². The summed E-state index contributed by atoms with van der Waals surface area (Å²) in [7, 11) is -4.07. The van der Waals surface area contributed by atoms with Crippen LogP contribution in [0, 0.1) is 5.92 Å². The molecular weight excluding hydrogens is 300 g/mol. The van der Waals surface area contributed by atoms with Crippen molar-refractivity contribution < 1.29 is 30.2 Å². The Morgan fingerprint density at radius 1 is 1.15 bits per heavy atom. The molecule has 1 fully saturated rings. The second kappa shape index (κ2) is 5.00. The normalized spacial score (nSPS) is 24.1. The molecule has 0 heterocycles. The van der Waals surface area contributed by atoms with Crippen LogP contribution in [-0.4, -0.2) is 26.9 Å². The highest BCUT2D eigenvalue weighted by atomic mass is 32.2. The van der Waals surface area contributed by atoms with E-state index in [4.69, 9.17) is 0 Å². The van der Waals surface area contributed by atoms with Crippen LogP contribution in [-0.2, 0) is 20.1 Å². The third-order valence-corrected chi connectivity index (χ3v) is 4.32. The monoisotopic (exact) mass is 312 g/mol. The molecule has 0 radical (unpaired) electrons. The van der Waals surface area contributed by atoms with Crippen molar-refractivity contribution in [3.8, 4) is 0 Å². The third-order valence-electron chi connectivity index (χ3n) is 3.14. The minimum absolute atomic E-state index is 0.429. The van der Waals surface area contributed by atoms with Crippen LogP contribution in [0.5, 0.6) is 0 Å². The summed E-state index contributed by atoms with van der Waals surface area (Å²) in [5, 5.41) is 0. The van der Waals surface area contributed by atoms with Gasteiger partial charge >= 0.3 is 11.8 Å². The van der Waals surface area contributed by atoms with Crippen LogP contribution in [0.2, 0.25) is 0 Å². The molecule has 0 bridgehead atoms. The molecule has 1 aromatic rings. The van der Waals surface area contributed by atoms with E-state index in [2.05, 4.69) is 4.18 Å². The summed E-state index contributed by atoms with van der Waals surface area (Å²) < 4.78 is 78.6. The fourth-order valence-electron chi connectivity index (χ4n) is 1.91. The molecule has 0 N–H and O–H groups in total. The van der Waals surface area contributed by atoms with Crippen LogP contribution in [0.3, 0.4) is 0 Å². The summed E-state index contributed by atoms with van der Waals surface area (Å²) in [6, 6.07) is 7.99. The van der Waals surface area contributed by atoms with Gasteiger partial charge in [-0.25, -0.2) is 0 Å². The quantitative estimate of drug-likeness (QED) is 0.620. The maximum atomic E-state index is 13.0. The smallest absolute Gasteiger partial charge is 0.269 e. The van der Waals surface area contributed by atoms with Crippen molar-refractivity contribution in [3.63, 3.8) is 0 Å². The molecule has 2 rings (SSSR count). The molecule has 0 amide bonds. The van der Waals surface area contributed by atoms with Gasteiger partial charge in [0.15, 0.2) is 0 Å². The average molecular weight is 312 g/mol. The Balaban J connectivity index is 1.91. The van der Waals surface area contributed by atoms with Gasteiger partial charge < -0.3 is 0 Å². The fourth-order valence-corrected chi connectivity index (χ4v) is 2.97. The van der Waals surface area contributed by atoms with Gasteiger partial charge in [-0.15, -0.1) is 0 Å². The maximum absolute atomic E-state index is 13.0. The first-order valence-corrected chi connectivity index (χ1v) is 7.38. The lowest BCUT2D eigenvalue weighted by Gasteiger charge is -2.43. The first kappa shape index (κ1) is 15.2. The number of benzene rings is 1. The van der Waals surface area contributed by atoms with Gasteiger partial charge in [-0.05, 0) is 5.56 Å². The standard InChI is InChI=1S/C12H12F4O3S/c13-11(14)6-10(12(11,15)16)7-19-20(17,18)8-9-4-2-1-3-5-9/h1-5,10H,6-8H2. The van der Waals surface area contributed by atoms with Crippen molar-refractivity contribution in [2.45, 2.75) is 24.0 Å². The van der Waals surface area contributed by atoms with E-state index >= 15 is 0 Å². The van der Waals surface area contributed by atoms with Gasteiger partial charge in [0.25, 0.3) is 10.1 Å². The van der Waals surface area contributed by atoms with Crippen LogP contribution >= 0.6 is 0 Å². The molecule has 0 aliphatic heterocycles. The van der Waals surface area contributed by atoms with Gasteiger partial charge in [-0.1, -0.05) is 30.3 Å². The summed E-state index contributed by atoms with van der Waals surface area (Å²) in [6.07, 6.45) is -1.07. The second-order valence-electron chi connectivity index (χ2n) is 4.70. The zero-order valence-corrected chi connectivity index (χ0v) is 11.0. The van der Waals surface area contributed by atoms with E-state index in [1.807, 2.05) is 0 Å². The van der Waals surface area contributed by atoms with E-state index in [1.54, 1.807) is 18.2 Å². The molecule has 8 heteroatoms. The van der Waals surface area contributed by atoms with E-state index in [0.717, 1.165) is 0 Å². The zero-order valence-electron chi connectivity index (χ0n) is 10.2. The predicted octanol–water partition coefficient (Wildman–Crippen LogP) is 2.82. The average Bonchev–Trinajstić information content (AvgIpc) is 2.35. The first-order valence-electron chi connectivity index (χ1n) is 5.81. The number of halogens is 4. The van der Waals surface area contributed by atoms with Gasteiger partial charge in [0.05, 0.1) is 12.5 Å². The van der Waals surface area contributed by atoms with Crippen LogP contribution in [0.25, 0.3) is 0 Å². The Hall–Kier alpha value is -1.15.